The summed E-state index contributed by atoms with van der Waals surface area (Å²) in [5.41, 5.74) is 1.40. The summed E-state index contributed by atoms with van der Waals surface area (Å²) in [7, 11) is 0.199. The molecule has 117 valence electrons. The van der Waals surface area contributed by atoms with Crippen molar-refractivity contribution >= 4 is 7.92 Å². The smallest absolute Gasteiger partial charge is 1.00 e. The normalized spacial score (nSPS) is 10.1. The molecule has 1 aliphatic rings. The molecule has 2 rings (SSSR count). The number of halogens is 3. The third kappa shape index (κ3) is 15.4. The van der Waals surface area contributed by atoms with Gasteiger partial charge in [0, 0.05) is 0 Å². The molecule has 0 saturated carbocycles. The zero-order chi connectivity index (χ0) is 12.5. The minimum absolute atomic E-state index is 0. The van der Waals surface area contributed by atoms with Gasteiger partial charge in [0.1, 0.15) is 0 Å². The van der Waals surface area contributed by atoms with Crippen molar-refractivity contribution in [1.82, 2.24) is 0 Å². The van der Waals surface area contributed by atoms with E-state index in [0.29, 0.717) is 0 Å². The van der Waals surface area contributed by atoms with E-state index < -0.39 is 0 Å². The molecule has 1 aliphatic carbocycles. The summed E-state index contributed by atoms with van der Waals surface area (Å²) < 4.78 is 0. The van der Waals surface area contributed by atoms with Gasteiger partial charge in [0.05, 0.1) is 0 Å². The van der Waals surface area contributed by atoms with Crippen molar-refractivity contribution in [3.8, 4) is 0 Å². The Balaban J connectivity index is -0.000000140. The fourth-order valence-corrected chi connectivity index (χ4v) is 2.76. The molecule has 1 aromatic rings. The van der Waals surface area contributed by atoms with E-state index >= 15 is 0 Å². The molecule has 0 saturated heterocycles. The first kappa shape index (κ1) is 29.7. The van der Waals surface area contributed by atoms with Crippen molar-refractivity contribution in [2.24, 2.45) is 0 Å². The third-order valence-corrected chi connectivity index (χ3v) is 3.51. The summed E-state index contributed by atoms with van der Waals surface area (Å²) >= 11 is 0. The van der Waals surface area contributed by atoms with Gasteiger partial charge in [-0.05, 0) is 13.3 Å². The van der Waals surface area contributed by atoms with Gasteiger partial charge in [-0.1, -0.05) is 19.2 Å². The van der Waals surface area contributed by atoms with E-state index in [-0.39, 0.29) is 71.3 Å². The average molecular weight is 442 g/mol. The summed E-state index contributed by atoms with van der Waals surface area (Å²) in [6.07, 6.45) is 11.3. The van der Waals surface area contributed by atoms with Gasteiger partial charge in [-0.25, -0.2) is 12.2 Å². The minimum atomic E-state index is 0. The molecule has 1 aromatic carbocycles. The Morgan fingerprint density at radius 3 is 2.00 bits per heavy atom. The molecule has 0 amide bonds. The molecule has 0 spiro atoms. The molecule has 0 fully saturated rings. The molecule has 0 nitrogen and oxygen atoms in total. The Morgan fingerprint density at radius 2 is 1.67 bits per heavy atom. The van der Waals surface area contributed by atoms with Gasteiger partial charge in [-0.15, -0.1) is 26.5 Å². The molecule has 0 atom stereocenters. The summed E-state index contributed by atoms with van der Waals surface area (Å²) in [6, 6.07) is 10.7. The van der Waals surface area contributed by atoms with Crippen molar-refractivity contribution in [2.45, 2.75) is 13.3 Å². The second kappa shape index (κ2) is 18.8. The van der Waals surface area contributed by atoms with E-state index in [1.54, 1.807) is 0 Å². The number of allylic oxidation sites excluding steroid dienone is 4. The fourth-order valence-electron chi connectivity index (χ4n) is 1.63. The second-order valence-electron chi connectivity index (χ2n) is 4.39. The molecule has 0 aromatic heterocycles. The maximum Gasteiger partial charge on any atom is 3.00 e. The first-order valence-electron chi connectivity index (χ1n) is 5.94. The first-order valence-corrected chi connectivity index (χ1v) is 8.36. The number of benzene rings is 1. The van der Waals surface area contributed by atoms with E-state index in [0.717, 1.165) is 6.42 Å². The predicted octanol–water partition coefficient (Wildman–Crippen LogP) is -4.31. The average Bonchev–Trinajstić information content (AvgIpc) is 2.88. The minimum Gasteiger partial charge on any atom is -1.00 e. The van der Waals surface area contributed by atoms with Crippen LogP contribution in [0.15, 0.2) is 48.6 Å². The molecule has 21 heavy (non-hydrogen) atoms. The first-order chi connectivity index (χ1) is 8.20. The van der Waals surface area contributed by atoms with Gasteiger partial charge >= 0.3 is 26.2 Å². The van der Waals surface area contributed by atoms with E-state index in [1.807, 2.05) is 12.2 Å². The van der Waals surface area contributed by atoms with Crippen LogP contribution in [-0.4, -0.2) is 19.5 Å². The van der Waals surface area contributed by atoms with Crippen LogP contribution in [-0.2, 0) is 26.2 Å². The van der Waals surface area contributed by atoms with Crippen LogP contribution in [0.25, 0.3) is 0 Å². The van der Waals surface area contributed by atoms with Crippen molar-refractivity contribution in [2.75, 3.05) is 19.5 Å². The molecule has 0 unspecified atom stereocenters. The molecular weight excluding hydrogens is 421 g/mol. The molecule has 5 heteroatoms. The van der Waals surface area contributed by atoms with E-state index in [9.17, 15) is 0 Å². The Bertz CT molecular complexity index is 357. The Labute approximate surface area is 169 Å². The number of hydrogen-bond acceptors (Lipinski definition) is 0. The topological polar surface area (TPSA) is 0 Å². The largest absolute Gasteiger partial charge is 3.00 e. The van der Waals surface area contributed by atoms with Crippen molar-refractivity contribution in [1.29, 1.82) is 0 Å². The molecule has 0 aliphatic heterocycles. The van der Waals surface area contributed by atoms with Crippen LogP contribution < -0.4 is 37.2 Å². The molecule has 0 heterocycles. The van der Waals surface area contributed by atoms with Crippen LogP contribution in [0.1, 0.15) is 18.9 Å². The van der Waals surface area contributed by atoms with Gasteiger partial charge in [-0.3, -0.25) is 6.08 Å². The second-order valence-corrected chi connectivity index (χ2v) is 6.86. The summed E-state index contributed by atoms with van der Waals surface area (Å²) in [6.45, 7) is 6.88. The number of hydrogen-bond donors (Lipinski definition) is 0. The van der Waals surface area contributed by atoms with Crippen LogP contribution in [0.5, 0.6) is 0 Å². The monoisotopic (exact) mass is 439 g/mol. The zero-order valence-electron chi connectivity index (χ0n) is 12.6. The quantitative estimate of drug-likeness (QED) is 0.329. The summed E-state index contributed by atoms with van der Waals surface area (Å²) in [4.78, 5) is 0. The molecule has 0 bridgehead atoms. The van der Waals surface area contributed by atoms with Crippen LogP contribution >= 0.6 is 7.92 Å². The summed E-state index contributed by atoms with van der Waals surface area (Å²) in [5, 5.41) is 0. The van der Waals surface area contributed by atoms with Gasteiger partial charge < -0.3 is 37.2 Å². The van der Waals surface area contributed by atoms with Crippen LogP contribution in [0.2, 0.25) is 0 Å². The third-order valence-electron chi connectivity index (χ3n) is 2.41. The maximum absolute atomic E-state index is 2.99. The van der Waals surface area contributed by atoms with Crippen molar-refractivity contribution in [3.05, 3.63) is 66.1 Å². The summed E-state index contributed by atoms with van der Waals surface area (Å²) in [5.74, 6) is 1.52. The van der Waals surface area contributed by atoms with E-state index in [2.05, 4.69) is 62.7 Å². The molecular formula is C16H21Cl3PZr-2. The Kier molecular flexibility index (Phi) is 26.6. The van der Waals surface area contributed by atoms with Crippen molar-refractivity contribution in [3.63, 3.8) is 0 Å². The van der Waals surface area contributed by atoms with Gasteiger partial charge in [0.25, 0.3) is 0 Å². The molecule has 1 radical (unpaired) electrons. The Hall–Kier alpha value is 0.753. The molecule has 0 N–H and O–H groups in total. The van der Waals surface area contributed by atoms with Crippen LogP contribution in [0, 0.1) is 12.0 Å². The van der Waals surface area contributed by atoms with Crippen LogP contribution in [0.3, 0.4) is 0 Å². The van der Waals surface area contributed by atoms with Gasteiger partial charge in [-0.2, -0.15) is 29.7 Å². The fraction of sp³-hybridized carbons (Fsp3) is 0.312. The van der Waals surface area contributed by atoms with Crippen molar-refractivity contribution < 1.29 is 63.4 Å². The maximum atomic E-state index is 2.99. The van der Waals surface area contributed by atoms with Crippen LogP contribution in [0.4, 0.5) is 0 Å². The zero-order valence-corrected chi connectivity index (χ0v) is 18.2. The SMILES string of the molecule is C[C-](CP(C)C)c1ccccc1.[C-]1=CC=CC1.[Cl-].[Cl-].[Cl-].[Zr+3]. The Morgan fingerprint density at radius 1 is 1.10 bits per heavy atom. The predicted molar refractivity (Wildman–Crippen MR) is 79.7 cm³/mol. The van der Waals surface area contributed by atoms with E-state index in [4.69, 9.17) is 0 Å². The standard InChI is InChI=1S/C11H16P.C5H5.3ClH.Zr/c1-10(9-12(2)3)11-7-5-4-6-8-11;1-2-4-5-3-1;;;;/h4-8H,9H2,1-3H3;1-3H,4H2;3*1H;/q2*-1;;;;+3/p-3. The van der Waals surface area contributed by atoms with E-state index in [1.165, 1.54) is 17.6 Å². The number of rotatable bonds is 3. The van der Waals surface area contributed by atoms with Gasteiger partial charge in [0.15, 0.2) is 0 Å². The van der Waals surface area contributed by atoms with Gasteiger partial charge in [0.2, 0.25) is 0 Å².